The molecule has 2 heterocycles. The van der Waals surface area contributed by atoms with Crippen LogP contribution < -0.4 is 0 Å². The van der Waals surface area contributed by atoms with Crippen molar-refractivity contribution in [3.63, 3.8) is 0 Å². The van der Waals surface area contributed by atoms with E-state index in [1.807, 2.05) is 6.92 Å². The number of rotatable bonds is 5. The molecule has 1 aromatic heterocycles. The van der Waals surface area contributed by atoms with Gasteiger partial charge in [-0.25, -0.2) is 8.42 Å². The predicted molar refractivity (Wildman–Crippen MR) is 77.2 cm³/mol. The lowest BCUT2D eigenvalue weighted by Crippen LogP contribution is -2.44. The number of hydrogen-bond donors (Lipinski definition) is 1. The molecule has 1 atom stereocenters. The van der Waals surface area contributed by atoms with E-state index < -0.39 is 15.6 Å². The van der Waals surface area contributed by atoms with Gasteiger partial charge in [0.25, 0.3) is 10.0 Å². The molecule has 0 saturated carbocycles. The minimum Gasteiger partial charge on any atom is -0.396 e. The smallest absolute Gasteiger partial charge is 0.253 e. The van der Waals surface area contributed by atoms with E-state index in [0.29, 0.717) is 27.9 Å². The molecule has 0 aliphatic carbocycles. The number of sulfonamides is 1. The first-order valence-electron chi connectivity index (χ1n) is 6.29. The second-order valence-electron chi connectivity index (χ2n) is 5.06. The van der Waals surface area contributed by atoms with Crippen LogP contribution in [0.2, 0.25) is 4.34 Å². The Balaban J connectivity index is 2.29. The normalized spacial score (nSPS) is 25.0. The van der Waals surface area contributed by atoms with E-state index in [4.69, 9.17) is 16.7 Å². The van der Waals surface area contributed by atoms with Crippen LogP contribution in [0.15, 0.2) is 16.3 Å². The second kappa shape index (κ2) is 5.69. The summed E-state index contributed by atoms with van der Waals surface area (Å²) in [5.41, 5.74) is -0.391. The molecule has 1 aliphatic rings. The predicted octanol–water partition coefficient (Wildman–Crippen LogP) is 2.72. The molecule has 0 spiro atoms. The number of aliphatic hydroxyl groups is 1. The molecule has 0 radical (unpaired) electrons. The van der Waals surface area contributed by atoms with Crippen molar-refractivity contribution in [3.05, 3.63) is 16.5 Å². The Morgan fingerprint density at radius 3 is 2.84 bits per heavy atom. The van der Waals surface area contributed by atoms with E-state index in [-0.39, 0.29) is 6.61 Å². The van der Waals surface area contributed by atoms with Gasteiger partial charge < -0.3 is 5.11 Å². The second-order valence-corrected chi connectivity index (χ2v) is 8.87. The van der Waals surface area contributed by atoms with Crippen molar-refractivity contribution in [1.82, 2.24) is 4.31 Å². The minimum absolute atomic E-state index is 0.0916. The van der Waals surface area contributed by atoms with Crippen LogP contribution in [0.1, 0.15) is 32.6 Å². The molecule has 0 unspecified atom stereocenters. The van der Waals surface area contributed by atoms with E-state index in [9.17, 15) is 8.42 Å². The Kier molecular flexibility index (Phi) is 4.57. The van der Waals surface area contributed by atoms with E-state index >= 15 is 0 Å². The third-order valence-electron chi connectivity index (χ3n) is 3.65. The summed E-state index contributed by atoms with van der Waals surface area (Å²) >= 11 is 6.92. The van der Waals surface area contributed by atoms with Crippen LogP contribution in [0.4, 0.5) is 0 Å². The molecule has 0 amide bonds. The summed E-state index contributed by atoms with van der Waals surface area (Å²) in [6.07, 6.45) is 3.00. The zero-order valence-electron chi connectivity index (χ0n) is 10.8. The third-order valence-corrected chi connectivity index (χ3v) is 7.40. The maximum absolute atomic E-state index is 12.6. The lowest BCUT2D eigenvalue weighted by atomic mass is 9.94. The molecule has 0 bridgehead atoms. The fourth-order valence-corrected chi connectivity index (χ4v) is 6.13. The molecule has 1 aliphatic heterocycles. The highest BCUT2D eigenvalue weighted by atomic mass is 35.5. The number of aliphatic hydroxyl groups excluding tert-OH is 1. The van der Waals surface area contributed by atoms with E-state index in [1.165, 1.54) is 0 Å². The molecule has 0 aromatic carbocycles. The molecule has 1 saturated heterocycles. The monoisotopic (exact) mass is 323 g/mol. The first-order chi connectivity index (χ1) is 8.90. The average molecular weight is 324 g/mol. The van der Waals surface area contributed by atoms with Crippen LogP contribution in [0.25, 0.3) is 0 Å². The van der Waals surface area contributed by atoms with E-state index in [0.717, 1.165) is 24.2 Å². The zero-order chi connectivity index (χ0) is 14.1. The molecule has 1 fully saturated rings. The van der Waals surface area contributed by atoms with Crippen molar-refractivity contribution in [3.8, 4) is 0 Å². The number of hydrogen-bond acceptors (Lipinski definition) is 4. The van der Waals surface area contributed by atoms with Gasteiger partial charge in [-0.05, 0) is 44.7 Å². The van der Waals surface area contributed by atoms with Crippen LogP contribution in [-0.4, -0.2) is 36.5 Å². The van der Waals surface area contributed by atoms with Gasteiger partial charge in [-0.2, -0.15) is 4.31 Å². The third kappa shape index (κ3) is 2.97. The Morgan fingerprint density at radius 1 is 1.53 bits per heavy atom. The summed E-state index contributed by atoms with van der Waals surface area (Å²) < 4.78 is 27.6. The standard InChI is InChI=1S/C12H18ClNO3S2/c1-12(7-3-9-15)6-2-8-14(12)19(16,17)11-5-4-10(13)18-11/h4-5,15H,2-3,6-9H2,1H3/t12-/m0/s1. The van der Waals surface area contributed by atoms with Crippen LogP contribution in [0.3, 0.4) is 0 Å². The first-order valence-corrected chi connectivity index (χ1v) is 8.93. The van der Waals surface area contributed by atoms with Crippen molar-refractivity contribution in [2.75, 3.05) is 13.2 Å². The molecule has 1 N–H and O–H groups in total. The lowest BCUT2D eigenvalue weighted by Gasteiger charge is -2.34. The van der Waals surface area contributed by atoms with Gasteiger partial charge in [0.2, 0.25) is 0 Å². The van der Waals surface area contributed by atoms with Crippen molar-refractivity contribution in [2.24, 2.45) is 0 Å². The summed E-state index contributed by atoms with van der Waals surface area (Å²) in [5.74, 6) is 0. The summed E-state index contributed by atoms with van der Waals surface area (Å²) in [6.45, 7) is 2.59. The molecule has 108 valence electrons. The zero-order valence-corrected chi connectivity index (χ0v) is 13.2. The number of thiophene rings is 1. The topological polar surface area (TPSA) is 57.6 Å². The minimum atomic E-state index is -3.47. The molecular weight excluding hydrogens is 306 g/mol. The Bertz CT molecular complexity index is 543. The van der Waals surface area contributed by atoms with Crippen molar-refractivity contribution < 1.29 is 13.5 Å². The lowest BCUT2D eigenvalue weighted by molar-refractivity contribution is 0.209. The van der Waals surface area contributed by atoms with Gasteiger partial charge in [0.05, 0.1) is 4.34 Å². The van der Waals surface area contributed by atoms with Gasteiger partial charge in [0, 0.05) is 18.7 Å². The molecule has 7 heteroatoms. The quantitative estimate of drug-likeness (QED) is 0.906. The summed E-state index contributed by atoms with van der Waals surface area (Å²) in [5, 5.41) is 8.97. The summed E-state index contributed by atoms with van der Waals surface area (Å²) in [6, 6.07) is 3.17. The largest absolute Gasteiger partial charge is 0.396 e. The van der Waals surface area contributed by atoms with Gasteiger partial charge in [-0.1, -0.05) is 11.6 Å². The van der Waals surface area contributed by atoms with Gasteiger partial charge in [-0.15, -0.1) is 11.3 Å². The Hall–Kier alpha value is -0.140. The molecule has 2 rings (SSSR count). The summed E-state index contributed by atoms with van der Waals surface area (Å²) in [7, 11) is -3.47. The Morgan fingerprint density at radius 2 is 2.26 bits per heavy atom. The van der Waals surface area contributed by atoms with Crippen LogP contribution in [-0.2, 0) is 10.0 Å². The average Bonchev–Trinajstić information content (AvgIpc) is 2.94. The fourth-order valence-electron chi connectivity index (χ4n) is 2.66. The highest BCUT2D eigenvalue weighted by Gasteiger charge is 2.44. The van der Waals surface area contributed by atoms with Gasteiger partial charge in [0.15, 0.2) is 0 Å². The SMILES string of the molecule is C[C@@]1(CCCO)CCCN1S(=O)(=O)c1ccc(Cl)s1. The Labute approximate surface area is 123 Å². The molecular formula is C12H18ClNO3S2. The van der Waals surface area contributed by atoms with Gasteiger partial charge in [-0.3, -0.25) is 0 Å². The first kappa shape index (κ1) is 15.3. The number of halogens is 1. The van der Waals surface area contributed by atoms with E-state index in [2.05, 4.69) is 0 Å². The maximum Gasteiger partial charge on any atom is 0.253 e. The van der Waals surface area contributed by atoms with Crippen molar-refractivity contribution in [2.45, 2.75) is 42.4 Å². The highest BCUT2D eigenvalue weighted by molar-refractivity contribution is 7.91. The van der Waals surface area contributed by atoms with Crippen molar-refractivity contribution >= 4 is 33.0 Å². The molecule has 4 nitrogen and oxygen atoms in total. The summed E-state index contributed by atoms with van der Waals surface area (Å²) in [4.78, 5) is 0. The highest BCUT2D eigenvalue weighted by Crippen LogP contribution is 2.39. The molecule has 19 heavy (non-hydrogen) atoms. The van der Waals surface area contributed by atoms with E-state index in [1.54, 1.807) is 16.4 Å². The van der Waals surface area contributed by atoms with Crippen LogP contribution in [0.5, 0.6) is 0 Å². The van der Waals surface area contributed by atoms with Crippen LogP contribution in [0, 0.1) is 0 Å². The van der Waals surface area contributed by atoms with Crippen LogP contribution >= 0.6 is 22.9 Å². The van der Waals surface area contributed by atoms with Gasteiger partial charge >= 0.3 is 0 Å². The van der Waals surface area contributed by atoms with Crippen molar-refractivity contribution in [1.29, 1.82) is 0 Å². The maximum atomic E-state index is 12.6. The number of nitrogens with zero attached hydrogens (tertiary/aromatic N) is 1. The van der Waals surface area contributed by atoms with Gasteiger partial charge in [0.1, 0.15) is 4.21 Å². The molecule has 1 aromatic rings. The fraction of sp³-hybridized carbons (Fsp3) is 0.667.